The number of aryl methyl sites for hydroxylation is 1. The number of piperidine rings is 1. The third kappa shape index (κ3) is 3.54. The first-order chi connectivity index (χ1) is 8.67. The molecule has 2 heterocycles. The molecule has 1 fully saturated rings. The highest BCUT2D eigenvalue weighted by Crippen LogP contribution is 2.09. The van der Waals surface area contributed by atoms with E-state index >= 15 is 0 Å². The lowest BCUT2D eigenvalue weighted by atomic mass is 10.1. The topological polar surface area (TPSA) is 76.2 Å². The number of hydrogen-bond donors (Lipinski definition) is 2. The summed E-state index contributed by atoms with van der Waals surface area (Å²) in [6.45, 7) is 5.06. The second-order valence-electron chi connectivity index (χ2n) is 4.75. The molecule has 6 heteroatoms. The summed E-state index contributed by atoms with van der Waals surface area (Å²) in [4.78, 5) is 14.0. The van der Waals surface area contributed by atoms with Gasteiger partial charge in [-0.25, -0.2) is 0 Å². The normalized spacial score (nSPS) is 17.9. The van der Waals surface area contributed by atoms with Crippen LogP contribution in [0.1, 0.15) is 19.8 Å². The van der Waals surface area contributed by atoms with Crippen molar-refractivity contribution < 1.29 is 4.79 Å². The van der Waals surface area contributed by atoms with Crippen molar-refractivity contribution >= 4 is 11.6 Å². The first kappa shape index (κ1) is 13.0. The summed E-state index contributed by atoms with van der Waals surface area (Å²) >= 11 is 0. The minimum absolute atomic E-state index is 0.0149. The van der Waals surface area contributed by atoms with Gasteiger partial charge in [-0.1, -0.05) is 0 Å². The van der Waals surface area contributed by atoms with Crippen LogP contribution in [0.5, 0.6) is 0 Å². The zero-order valence-electron chi connectivity index (χ0n) is 10.8. The zero-order chi connectivity index (χ0) is 13.0. The average molecular weight is 251 g/mol. The van der Waals surface area contributed by atoms with Crippen molar-refractivity contribution in [3.63, 3.8) is 0 Å². The van der Waals surface area contributed by atoms with Crippen LogP contribution in [0.2, 0.25) is 0 Å². The number of carbonyl (C=O) groups excluding carboxylic acids is 1. The Morgan fingerprint density at radius 1 is 1.56 bits per heavy atom. The summed E-state index contributed by atoms with van der Waals surface area (Å²) in [6.07, 6.45) is 5.46. The van der Waals surface area contributed by atoms with Crippen LogP contribution in [-0.2, 0) is 11.3 Å². The first-order valence-electron chi connectivity index (χ1n) is 6.47. The van der Waals surface area contributed by atoms with Crippen LogP contribution in [0.4, 0.5) is 5.69 Å². The fourth-order valence-electron chi connectivity index (χ4n) is 2.12. The zero-order valence-corrected chi connectivity index (χ0v) is 10.8. The van der Waals surface area contributed by atoms with E-state index in [9.17, 15) is 4.79 Å². The molecule has 6 nitrogen and oxygen atoms in total. The van der Waals surface area contributed by atoms with E-state index in [0.717, 1.165) is 38.2 Å². The molecule has 1 saturated heterocycles. The summed E-state index contributed by atoms with van der Waals surface area (Å²) in [5, 5.41) is 6.98. The molecule has 1 aromatic heterocycles. The molecule has 0 aliphatic carbocycles. The minimum atomic E-state index is 0.0149. The molecular weight excluding hydrogens is 230 g/mol. The van der Waals surface area contributed by atoms with E-state index in [0.29, 0.717) is 12.6 Å². The Hall–Kier alpha value is -1.40. The number of rotatable bonds is 4. The molecule has 0 atom stereocenters. The predicted molar refractivity (Wildman–Crippen MR) is 70.2 cm³/mol. The molecule has 0 aromatic carbocycles. The van der Waals surface area contributed by atoms with Crippen LogP contribution in [0.3, 0.4) is 0 Å². The van der Waals surface area contributed by atoms with Crippen molar-refractivity contribution in [2.75, 3.05) is 25.0 Å². The van der Waals surface area contributed by atoms with Gasteiger partial charge in [-0.3, -0.25) is 14.4 Å². The van der Waals surface area contributed by atoms with Gasteiger partial charge < -0.3 is 11.1 Å². The van der Waals surface area contributed by atoms with Gasteiger partial charge in [0.2, 0.25) is 5.91 Å². The van der Waals surface area contributed by atoms with Crippen LogP contribution in [-0.4, -0.2) is 46.3 Å². The highest BCUT2D eigenvalue weighted by Gasteiger charge is 2.18. The quantitative estimate of drug-likeness (QED) is 0.805. The van der Waals surface area contributed by atoms with Gasteiger partial charge in [0, 0.05) is 31.9 Å². The molecule has 18 heavy (non-hydrogen) atoms. The first-order valence-corrected chi connectivity index (χ1v) is 6.47. The largest absolute Gasteiger partial charge is 0.328 e. The maximum atomic E-state index is 11.8. The number of nitrogens with two attached hydrogens (primary N) is 1. The van der Waals surface area contributed by atoms with Gasteiger partial charge in [-0.05, 0) is 19.8 Å². The summed E-state index contributed by atoms with van der Waals surface area (Å²) in [5.74, 6) is 0.0149. The smallest absolute Gasteiger partial charge is 0.238 e. The lowest BCUT2D eigenvalue weighted by molar-refractivity contribution is -0.117. The van der Waals surface area contributed by atoms with E-state index in [2.05, 4.69) is 15.3 Å². The number of hydrogen-bond acceptors (Lipinski definition) is 4. The molecule has 1 aromatic rings. The fraction of sp³-hybridized carbons (Fsp3) is 0.667. The standard InChI is InChI=1S/C12H21N5O/c1-2-17-8-11(7-14-17)15-12(18)9-16-5-3-10(13)4-6-16/h7-8,10H,2-6,9,13H2,1H3,(H,15,18). The van der Waals surface area contributed by atoms with Crippen LogP contribution >= 0.6 is 0 Å². The summed E-state index contributed by atoms with van der Waals surface area (Å²) in [5.41, 5.74) is 6.59. The second kappa shape index (κ2) is 5.97. The van der Waals surface area contributed by atoms with Crippen LogP contribution in [0.15, 0.2) is 12.4 Å². The number of amides is 1. The van der Waals surface area contributed by atoms with Gasteiger partial charge >= 0.3 is 0 Å². The number of likely N-dealkylation sites (tertiary alicyclic amines) is 1. The lowest BCUT2D eigenvalue weighted by Crippen LogP contribution is -2.43. The molecule has 0 radical (unpaired) electrons. The lowest BCUT2D eigenvalue weighted by Gasteiger charge is -2.29. The van der Waals surface area contributed by atoms with Crippen molar-refractivity contribution in [3.8, 4) is 0 Å². The number of aromatic nitrogens is 2. The molecule has 1 aliphatic rings. The third-order valence-corrected chi connectivity index (χ3v) is 3.24. The number of anilines is 1. The molecule has 0 saturated carbocycles. The van der Waals surface area contributed by atoms with Crippen molar-refractivity contribution in [2.24, 2.45) is 5.73 Å². The van der Waals surface area contributed by atoms with Crippen LogP contribution in [0, 0.1) is 0 Å². The number of carbonyl (C=O) groups is 1. The molecule has 0 unspecified atom stereocenters. The van der Waals surface area contributed by atoms with Crippen molar-refractivity contribution in [3.05, 3.63) is 12.4 Å². The van der Waals surface area contributed by atoms with Crippen LogP contribution in [0.25, 0.3) is 0 Å². The molecule has 2 rings (SSSR count). The fourth-order valence-corrected chi connectivity index (χ4v) is 2.12. The Morgan fingerprint density at radius 3 is 2.89 bits per heavy atom. The van der Waals surface area contributed by atoms with Crippen molar-refractivity contribution in [2.45, 2.75) is 32.4 Å². The Morgan fingerprint density at radius 2 is 2.28 bits per heavy atom. The monoisotopic (exact) mass is 251 g/mol. The molecular formula is C12H21N5O. The Labute approximate surface area is 107 Å². The Balaban J connectivity index is 1.78. The maximum Gasteiger partial charge on any atom is 0.238 e. The van der Waals surface area contributed by atoms with Crippen molar-refractivity contribution in [1.82, 2.24) is 14.7 Å². The van der Waals surface area contributed by atoms with E-state index in [1.54, 1.807) is 10.9 Å². The molecule has 1 amide bonds. The highest BCUT2D eigenvalue weighted by molar-refractivity contribution is 5.91. The van der Waals surface area contributed by atoms with Gasteiger partial charge in [-0.15, -0.1) is 0 Å². The number of nitrogens with one attached hydrogen (secondary N) is 1. The molecule has 0 bridgehead atoms. The second-order valence-corrected chi connectivity index (χ2v) is 4.75. The summed E-state index contributed by atoms with van der Waals surface area (Å²) in [7, 11) is 0. The molecule has 100 valence electrons. The summed E-state index contributed by atoms with van der Waals surface area (Å²) in [6, 6.07) is 0.298. The predicted octanol–water partition coefficient (Wildman–Crippen LogP) is 0.265. The highest BCUT2D eigenvalue weighted by atomic mass is 16.2. The van der Waals surface area contributed by atoms with E-state index in [1.165, 1.54) is 0 Å². The van der Waals surface area contributed by atoms with E-state index in [4.69, 9.17) is 5.73 Å². The average Bonchev–Trinajstić information content (AvgIpc) is 2.79. The van der Waals surface area contributed by atoms with Crippen molar-refractivity contribution in [1.29, 1.82) is 0 Å². The van der Waals surface area contributed by atoms with E-state index in [1.807, 2.05) is 13.1 Å². The van der Waals surface area contributed by atoms with Gasteiger partial charge in [0.15, 0.2) is 0 Å². The Kier molecular flexibility index (Phi) is 4.33. The SMILES string of the molecule is CCn1cc(NC(=O)CN2CCC(N)CC2)cn1. The maximum absolute atomic E-state index is 11.8. The summed E-state index contributed by atoms with van der Waals surface area (Å²) < 4.78 is 1.79. The van der Waals surface area contributed by atoms with E-state index < -0.39 is 0 Å². The van der Waals surface area contributed by atoms with E-state index in [-0.39, 0.29) is 5.91 Å². The molecule has 1 aliphatic heterocycles. The van der Waals surface area contributed by atoms with Gasteiger partial charge in [0.05, 0.1) is 18.4 Å². The third-order valence-electron chi connectivity index (χ3n) is 3.24. The van der Waals surface area contributed by atoms with Gasteiger partial charge in [0.25, 0.3) is 0 Å². The van der Waals surface area contributed by atoms with Gasteiger partial charge in [0.1, 0.15) is 0 Å². The minimum Gasteiger partial charge on any atom is -0.328 e. The molecule has 3 N–H and O–H groups in total. The molecule has 0 spiro atoms. The van der Waals surface area contributed by atoms with Gasteiger partial charge in [-0.2, -0.15) is 5.10 Å². The number of nitrogens with zero attached hydrogens (tertiary/aromatic N) is 3. The van der Waals surface area contributed by atoms with Crippen LogP contribution < -0.4 is 11.1 Å². The Bertz CT molecular complexity index is 395.